The highest BCUT2D eigenvalue weighted by atomic mass is 19.2. The van der Waals surface area contributed by atoms with Crippen LogP contribution in [-0.4, -0.2) is 6.61 Å². The minimum Gasteiger partial charge on any atom is -0.494 e. The van der Waals surface area contributed by atoms with E-state index in [4.69, 9.17) is 4.74 Å². The Morgan fingerprint density at radius 3 is 1.78 bits per heavy atom. The molecule has 0 aliphatic carbocycles. The Morgan fingerprint density at radius 2 is 1.14 bits per heavy atom. The van der Waals surface area contributed by atoms with Gasteiger partial charge in [0, 0.05) is 27.8 Å². The first-order chi connectivity index (χ1) is 24.1. The lowest BCUT2D eigenvalue weighted by molar-refractivity contribution is 0.317. The summed E-state index contributed by atoms with van der Waals surface area (Å²) in [5, 5.41) is -1.05. The summed E-state index contributed by atoms with van der Waals surface area (Å²) in [5.41, 5.74) is 2.56. The van der Waals surface area contributed by atoms with Crippen LogP contribution in [-0.2, 0) is 6.42 Å². The lowest BCUT2D eigenvalue weighted by Gasteiger charge is -2.12. The molecule has 6 aromatic carbocycles. The largest absolute Gasteiger partial charge is 0.494 e. The molecule has 8 heteroatoms. The number of aryl methyl sites for hydroxylation is 1. The fourth-order valence-corrected chi connectivity index (χ4v) is 5.80. The highest BCUT2D eigenvalue weighted by Gasteiger charge is 2.20. The first kappa shape index (κ1) is 34.3. The monoisotopic (exact) mass is 682 g/mol. The topological polar surface area (TPSA) is 9.23 Å². The average Bonchev–Trinajstić information content (AvgIpc) is 3.09. The molecular formula is C42H29F7O. The Labute approximate surface area is 285 Å². The van der Waals surface area contributed by atoms with Crippen molar-refractivity contribution in [2.75, 3.05) is 6.61 Å². The van der Waals surface area contributed by atoms with Gasteiger partial charge in [-0.1, -0.05) is 56.4 Å². The Morgan fingerprint density at radius 1 is 0.520 bits per heavy atom. The van der Waals surface area contributed by atoms with Crippen LogP contribution in [0.1, 0.15) is 43.4 Å². The van der Waals surface area contributed by atoms with Crippen LogP contribution < -0.4 is 4.74 Å². The first-order valence-electron chi connectivity index (χ1n) is 16.0. The zero-order valence-electron chi connectivity index (χ0n) is 27.0. The lowest BCUT2D eigenvalue weighted by atomic mass is 9.93. The summed E-state index contributed by atoms with van der Waals surface area (Å²) >= 11 is 0. The molecule has 0 unspecified atom stereocenters. The van der Waals surface area contributed by atoms with Gasteiger partial charge in [-0.3, -0.25) is 0 Å². The zero-order chi connectivity index (χ0) is 35.5. The molecule has 0 saturated heterocycles. The van der Waals surface area contributed by atoms with E-state index < -0.39 is 46.1 Å². The van der Waals surface area contributed by atoms with Gasteiger partial charge in [0.1, 0.15) is 29.0 Å². The summed E-state index contributed by atoms with van der Waals surface area (Å²) in [6.45, 7) is 4.63. The van der Waals surface area contributed by atoms with Crippen LogP contribution in [0.3, 0.4) is 0 Å². The summed E-state index contributed by atoms with van der Waals surface area (Å²) in [7, 11) is 0. The number of hydrogen-bond acceptors (Lipinski definition) is 1. The highest BCUT2D eigenvalue weighted by molar-refractivity contribution is 5.89. The molecule has 0 atom stereocenters. The summed E-state index contributed by atoms with van der Waals surface area (Å²) in [4.78, 5) is 0. The standard InChI is InChI=1S/C42H29F7O/c1-3-5-25-18-34(37(45)19-26(25)9-6-24-7-12-31(13-8-24)50-16-4-2)28-11-14-32(35(43)21-28)27-10-15-33(36(44)20-27)29-17-30-23-39(47)41(48)42(49)40(30)38(46)22-29/h7-8,10-15,17-23H,3-5,16H2,1-2H3. The smallest absolute Gasteiger partial charge is 0.195 e. The predicted octanol–water partition coefficient (Wildman–Crippen LogP) is 12.0. The molecule has 0 aliphatic heterocycles. The van der Waals surface area contributed by atoms with Crippen molar-refractivity contribution in [3.8, 4) is 51.0 Å². The maximum absolute atomic E-state index is 15.6. The molecule has 0 fully saturated rings. The van der Waals surface area contributed by atoms with E-state index in [0.717, 1.165) is 47.9 Å². The summed E-state index contributed by atoms with van der Waals surface area (Å²) in [6.07, 6.45) is 2.29. The number of halogens is 7. The molecular weight excluding hydrogens is 653 g/mol. The Hall–Kier alpha value is -5.55. The van der Waals surface area contributed by atoms with Gasteiger partial charge in [0.25, 0.3) is 0 Å². The van der Waals surface area contributed by atoms with Crippen LogP contribution >= 0.6 is 0 Å². The van der Waals surface area contributed by atoms with Gasteiger partial charge in [-0.15, -0.1) is 0 Å². The molecule has 252 valence electrons. The van der Waals surface area contributed by atoms with E-state index in [1.165, 1.54) is 36.4 Å². The van der Waals surface area contributed by atoms with Crippen molar-refractivity contribution in [2.24, 2.45) is 0 Å². The Balaban J connectivity index is 1.28. The van der Waals surface area contributed by atoms with E-state index in [1.807, 2.05) is 38.1 Å². The summed E-state index contributed by atoms with van der Waals surface area (Å²) < 4.78 is 108. The van der Waals surface area contributed by atoms with Crippen molar-refractivity contribution in [1.29, 1.82) is 0 Å². The van der Waals surface area contributed by atoms with Crippen LogP contribution in [0.4, 0.5) is 30.7 Å². The average molecular weight is 683 g/mol. The molecule has 0 aliphatic rings. The molecule has 0 spiro atoms. The third kappa shape index (κ3) is 6.95. The van der Waals surface area contributed by atoms with Gasteiger partial charge < -0.3 is 4.74 Å². The number of benzene rings is 6. The van der Waals surface area contributed by atoms with Crippen LogP contribution in [0.5, 0.6) is 5.75 Å². The van der Waals surface area contributed by atoms with E-state index in [0.29, 0.717) is 24.7 Å². The van der Waals surface area contributed by atoms with Crippen LogP contribution in [0, 0.1) is 52.6 Å². The molecule has 0 saturated carbocycles. The molecule has 50 heavy (non-hydrogen) atoms. The van der Waals surface area contributed by atoms with Crippen molar-refractivity contribution < 1.29 is 35.5 Å². The molecule has 0 bridgehead atoms. The van der Waals surface area contributed by atoms with Gasteiger partial charge in [0.05, 0.1) is 12.0 Å². The third-order valence-corrected chi connectivity index (χ3v) is 8.28. The maximum Gasteiger partial charge on any atom is 0.195 e. The second-order valence-electron chi connectivity index (χ2n) is 11.8. The van der Waals surface area contributed by atoms with E-state index >= 15 is 13.2 Å². The Kier molecular flexibility index (Phi) is 9.96. The summed E-state index contributed by atoms with van der Waals surface area (Å²) in [6, 6.07) is 20.8. The number of rotatable bonds is 8. The molecule has 0 aromatic heterocycles. The molecule has 0 heterocycles. The van der Waals surface area contributed by atoms with E-state index in [-0.39, 0.29) is 38.8 Å². The second kappa shape index (κ2) is 14.5. The van der Waals surface area contributed by atoms with Crippen molar-refractivity contribution in [3.63, 3.8) is 0 Å². The molecule has 1 nitrogen and oxygen atoms in total. The molecule has 0 N–H and O–H groups in total. The third-order valence-electron chi connectivity index (χ3n) is 8.28. The fourth-order valence-electron chi connectivity index (χ4n) is 5.80. The van der Waals surface area contributed by atoms with Gasteiger partial charge in [-0.05, 0) is 107 Å². The second-order valence-corrected chi connectivity index (χ2v) is 11.8. The fraction of sp³-hybridized carbons (Fsp3) is 0.143. The van der Waals surface area contributed by atoms with Gasteiger partial charge in [0.15, 0.2) is 17.5 Å². The maximum atomic E-state index is 15.6. The molecule has 0 radical (unpaired) electrons. The molecule has 6 rings (SSSR count). The SMILES string of the molecule is CCCOc1ccc(C#Cc2cc(F)c(-c3ccc(-c4ccc(-c5cc(F)c6c(F)c(F)c(F)cc6c5)c(F)c4)c(F)c3)cc2CCC)cc1. The van der Waals surface area contributed by atoms with Crippen LogP contribution in [0.25, 0.3) is 44.2 Å². The van der Waals surface area contributed by atoms with Gasteiger partial charge >= 0.3 is 0 Å². The minimum absolute atomic E-state index is 0.0336. The number of hydrogen-bond donors (Lipinski definition) is 0. The lowest BCUT2D eigenvalue weighted by Crippen LogP contribution is -1.97. The number of fused-ring (bicyclic) bond motifs is 1. The Bertz CT molecular complexity index is 2300. The summed E-state index contributed by atoms with van der Waals surface area (Å²) in [5.74, 6) is -1.48. The van der Waals surface area contributed by atoms with Crippen molar-refractivity contribution >= 4 is 10.8 Å². The quantitative estimate of drug-likeness (QED) is 0.0882. The van der Waals surface area contributed by atoms with Gasteiger partial charge in [0.2, 0.25) is 0 Å². The normalized spacial score (nSPS) is 11.1. The van der Waals surface area contributed by atoms with Gasteiger partial charge in [-0.2, -0.15) is 0 Å². The number of ether oxygens (including phenoxy) is 1. The van der Waals surface area contributed by atoms with E-state index in [9.17, 15) is 17.6 Å². The molecule has 6 aromatic rings. The van der Waals surface area contributed by atoms with E-state index in [1.54, 1.807) is 6.07 Å². The first-order valence-corrected chi connectivity index (χ1v) is 16.0. The van der Waals surface area contributed by atoms with E-state index in [2.05, 4.69) is 11.8 Å². The highest BCUT2D eigenvalue weighted by Crippen LogP contribution is 2.36. The predicted molar refractivity (Wildman–Crippen MR) is 182 cm³/mol. The van der Waals surface area contributed by atoms with Crippen molar-refractivity contribution in [1.82, 2.24) is 0 Å². The van der Waals surface area contributed by atoms with Crippen LogP contribution in [0.15, 0.2) is 91.0 Å². The minimum atomic E-state index is -1.81. The van der Waals surface area contributed by atoms with Crippen molar-refractivity contribution in [3.05, 3.63) is 148 Å². The van der Waals surface area contributed by atoms with Crippen LogP contribution in [0.2, 0.25) is 0 Å². The molecule has 0 amide bonds. The van der Waals surface area contributed by atoms with Gasteiger partial charge in [-0.25, -0.2) is 30.7 Å². The zero-order valence-corrected chi connectivity index (χ0v) is 27.0. The van der Waals surface area contributed by atoms with Crippen molar-refractivity contribution in [2.45, 2.75) is 33.1 Å².